The summed E-state index contributed by atoms with van der Waals surface area (Å²) in [5.74, 6) is 0.871. The molecule has 84 valence electrons. The van der Waals surface area contributed by atoms with Crippen LogP contribution in [0, 0.1) is 0 Å². The molecule has 0 atom stereocenters. The minimum absolute atomic E-state index is 0.133. The summed E-state index contributed by atoms with van der Waals surface area (Å²) in [6.45, 7) is -0.133. The van der Waals surface area contributed by atoms with Gasteiger partial charge in [-0.25, -0.2) is 13.4 Å². The molecule has 0 saturated heterocycles. The summed E-state index contributed by atoms with van der Waals surface area (Å²) in [6, 6.07) is 3.15. The molecule has 0 amide bonds. The Hall–Kier alpha value is -1.34. The Kier molecular flexibility index (Phi) is 4.32. The van der Waals surface area contributed by atoms with E-state index in [1.54, 1.807) is 12.1 Å². The molecule has 0 aliphatic rings. The molecule has 0 N–H and O–H groups in total. The predicted octanol–water partition coefficient (Wildman–Crippen LogP) is 0.142. The van der Waals surface area contributed by atoms with Gasteiger partial charge in [0, 0.05) is 12.1 Å². The maximum Gasteiger partial charge on any atom is 0.257 e. The fraction of sp³-hybridized carbons (Fsp3) is 0.375. The molecule has 0 spiro atoms. The number of hydrogen-bond acceptors (Lipinski definition) is 6. The first-order valence-electron chi connectivity index (χ1n) is 4.02. The van der Waals surface area contributed by atoms with E-state index in [-0.39, 0.29) is 6.61 Å². The Balaban J connectivity index is 2.86. The number of hydrogen-bond donors (Lipinski definition) is 1. The third kappa shape index (κ3) is 3.72. The van der Waals surface area contributed by atoms with Gasteiger partial charge in [0.15, 0.2) is 0 Å². The van der Waals surface area contributed by atoms with E-state index < -0.39 is 11.0 Å². The van der Waals surface area contributed by atoms with E-state index >= 15 is 0 Å². The van der Waals surface area contributed by atoms with Crippen LogP contribution in [0.4, 0.5) is 0 Å². The third-order valence-corrected chi connectivity index (χ3v) is 1.93. The van der Waals surface area contributed by atoms with Gasteiger partial charge in [0.05, 0.1) is 19.9 Å². The molecule has 1 heterocycles. The second-order valence-corrected chi connectivity index (χ2v) is 3.24. The lowest BCUT2D eigenvalue weighted by Gasteiger charge is -2.05. The van der Waals surface area contributed by atoms with E-state index in [0.29, 0.717) is 17.3 Å². The number of ether oxygens (including phenoxy) is 2. The molecule has 15 heavy (non-hydrogen) atoms. The quantitative estimate of drug-likeness (QED) is 0.729. The van der Waals surface area contributed by atoms with Gasteiger partial charge in [0.1, 0.15) is 12.4 Å². The topological polar surface area (TPSA) is 74.7 Å². The van der Waals surface area contributed by atoms with Gasteiger partial charge in [0.2, 0.25) is 5.88 Å². The summed E-state index contributed by atoms with van der Waals surface area (Å²) in [7, 11) is 0.0788. The van der Waals surface area contributed by atoms with Crippen molar-refractivity contribution in [1.29, 1.82) is 0 Å². The van der Waals surface area contributed by atoms with Crippen molar-refractivity contribution < 1.29 is 22.1 Å². The van der Waals surface area contributed by atoms with Gasteiger partial charge >= 0.3 is 0 Å². The molecule has 0 aliphatic carbocycles. The summed E-state index contributed by atoms with van der Waals surface area (Å²) >= 11 is 0. The number of methoxy groups -OCH3 is 2. The summed E-state index contributed by atoms with van der Waals surface area (Å²) in [4.78, 5) is 3.98. The van der Waals surface area contributed by atoms with Crippen LogP contribution in [0.1, 0.15) is 5.69 Å². The molecule has 0 fully saturated rings. The highest BCUT2D eigenvalue weighted by Crippen LogP contribution is 2.19. The van der Waals surface area contributed by atoms with Gasteiger partial charge in [-0.15, -0.1) is 0 Å². The van der Waals surface area contributed by atoms with Gasteiger partial charge in [-0.05, 0) is 0 Å². The highest BCUT2D eigenvalue weighted by molar-refractivity contribution is 7.67. The molecule has 0 unspecified atom stereocenters. The van der Waals surface area contributed by atoms with Gasteiger partial charge in [-0.3, -0.25) is 4.18 Å². The van der Waals surface area contributed by atoms with E-state index in [9.17, 15) is 8.42 Å². The van der Waals surface area contributed by atoms with Gasteiger partial charge < -0.3 is 9.47 Å². The van der Waals surface area contributed by atoms with Crippen molar-refractivity contribution in [2.75, 3.05) is 14.2 Å². The molecule has 1 rings (SSSR count). The Morgan fingerprint density at radius 1 is 1.27 bits per heavy atom. The highest BCUT2D eigenvalue weighted by atomic mass is 32.2. The zero-order valence-corrected chi connectivity index (χ0v) is 9.19. The molecule has 7 heteroatoms. The lowest BCUT2D eigenvalue weighted by Crippen LogP contribution is -1.98. The Labute approximate surface area is 89.0 Å². The van der Waals surface area contributed by atoms with E-state index in [1.165, 1.54) is 14.2 Å². The second kappa shape index (κ2) is 5.52. The van der Waals surface area contributed by atoms with Crippen molar-refractivity contribution in [3.05, 3.63) is 17.8 Å². The van der Waals surface area contributed by atoms with Crippen molar-refractivity contribution in [3.63, 3.8) is 0 Å². The zero-order chi connectivity index (χ0) is 11.3. The lowest BCUT2D eigenvalue weighted by molar-refractivity contribution is 0.312. The smallest absolute Gasteiger partial charge is 0.257 e. The van der Waals surface area contributed by atoms with Crippen LogP contribution in [-0.4, -0.2) is 27.6 Å². The van der Waals surface area contributed by atoms with Gasteiger partial charge in [-0.2, -0.15) is 0 Å². The van der Waals surface area contributed by atoms with E-state index in [4.69, 9.17) is 9.47 Å². The molecular formula is C8H11NO5S. The van der Waals surface area contributed by atoms with Crippen LogP contribution in [0.5, 0.6) is 11.6 Å². The number of thiol groups is 1. The molecule has 0 aromatic carbocycles. The van der Waals surface area contributed by atoms with Crippen LogP contribution in [0.3, 0.4) is 0 Å². The molecule has 1 aromatic heterocycles. The minimum Gasteiger partial charge on any atom is -0.496 e. The van der Waals surface area contributed by atoms with E-state index in [2.05, 4.69) is 9.17 Å². The minimum atomic E-state index is -2.87. The summed E-state index contributed by atoms with van der Waals surface area (Å²) in [5.41, 5.74) is 0.422. The predicted molar refractivity (Wildman–Crippen MR) is 52.4 cm³/mol. The number of nitrogens with zero attached hydrogens (tertiary/aromatic N) is 1. The third-order valence-electron chi connectivity index (χ3n) is 1.59. The van der Waals surface area contributed by atoms with E-state index in [1.807, 2.05) is 0 Å². The summed E-state index contributed by atoms with van der Waals surface area (Å²) in [6.07, 6.45) is 0. The fourth-order valence-corrected chi connectivity index (χ4v) is 1.19. The van der Waals surface area contributed by atoms with Crippen LogP contribution < -0.4 is 9.47 Å². The van der Waals surface area contributed by atoms with E-state index in [0.717, 1.165) is 0 Å². The molecule has 0 aliphatic heterocycles. The van der Waals surface area contributed by atoms with Crippen molar-refractivity contribution in [2.45, 2.75) is 6.61 Å². The summed E-state index contributed by atoms with van der Waals surface area (Å²) in [5, 5.41) is 0. The number of pyridine rings is 1. The standard InChI is InChI=1S/C8H11NO5S/c1-12-7-3-6(5-14-15(10)11)9-8(4-7)13-2/h3-4,15H,5H2,1-2H3. The SMILES string of the molecule is COc1cc(CO[SH](=O)=O)nc(OC)c1. The first-order chi connectivity index (χ1) is 7.15. The largest absolute Gasteiger partial charge is 0.496 e. The molecular weight excluding hydrogens is 222 g/mol. The van der Waals surface area contributed by atoms with Crippen LogP contribution in [0.2, 0.25) is 0 Å². The number of aromatic nitrogens is 1. The molecule has 0 bridgehead atoms. The second-order valence-electron chi connectivity index (χ2n) is 2.54. The van der Waals surface area contributed by atoms with Crippen LogP contribution in [-0.2, 0) is 21.8 Å². The lowest BCUT2D eigenvalue weighted by atomic mass is 10.3. The van der Waals surface area contributed by atoms with Crippen LogP contribution in [0.15, 0.2) is 12.1 Å². The first-order valence-corrected chi connectivity index (χ1v) is 5.11. The van der Waals surface area contributed by atoms with Gasteiger partial charge in [-0.1, -0.05) is 0 Å². The Morgan fingerprint density at radius 2 is 2.00 bits per heavy atom. The van der Waals surface area contributed by atoms with Crippen molar-refractivity contribution >= 4 is 11.0 Å². The van der Waals surface area contributed by atoms with Crippen LogP contribution >= 0.6 is 0 Å². The monoisotopic (exact) mass is 233 g/mol. The Bertz CT molecular complexity index is 374. The molecule has 1 aromatic rings. The molecule has 6 nitrogen and oxygen atoms in total. The van der Waals surface area contributed by atoms with Gasteiger partial charge in [0.25, 0.3) is 11.0 Å². The fourth-order valence-electron chi connectivity index (χ4n) is 0.949. The first kappa shape index (κ1) is 11.7. The van der Waals surface area contributed by atoms with Crippen LogP contribution in [0.25, 0.3) is 0 Å². The number of rotatable bonds is 5. The maximum atomic E-state index is 10.2. The van der Waals surface area contributed by atoms with Crippen molar-refractivity contribution in [2.24, 2.45) is 0 Å². The highest BCUT2D eigenvalue weighted by Gasteiger charge is 2.03. The average Bonchev–Trinajstić information content (AvgIpc) is 2.25. The molecule has 0 saturated carbocycles. The maximum absolute atomic E-state index is 10.2. The normalized spacial score (nSPS) is 10.3. The Morgan fingerprint density at radius 3 is 2.53 bits per heavy atom. The molecule has 0 radical (unpaired) electrons. The average molecular weight is 233 g/mol. The summed E-state index contributed by atoms with van der Waals surface area (Å²) < 4.78 is 34.7. The zero-order valence-electron chi connectivity index (χ0n) is 8.30. The van der Waals surface area contributed by atoms with Crippen molar-refractivity contribution in [3.8, 4) is 11.6 Å². The van der Waals surface area contributed by atoms with Crippen molar-refractivity contribution in [1.82, 2.24) is 4.98 Å².